The average Bonchev–Trinajstić information content (AvgIpc) is 1.99. The number of nitrogens with two attached hydrogens (primary N) is 1. The van der Waals surface area contributed by atoms with E-state index in [2.05, 4.69) is 0 Å². The predicted molar refractivity (Wildman–Crippen MR) is 57.4 cm³/mol. The van der Waals surface area contributed by atoms with Crippen LogP contribution in [-0.4, -0.2) is 29.8 Å². The van der Waals surface area contributed by atoms with E-state index in [4.69, 9.17) is 15.2 Å². The average molecular weight is 215 g/mol. The van der Waals surface area contributed by atoms with E-state index in [9.17, 15) is 4.79 Å². The monoisotopic (exact) mass is 215 g/mol. The Kier molecular flexibility index (Phi) is 3.73. The van der Waals surface area contributed by atoms with E-state index in [-0.39, 0.29) is 24.3 Å². The fraction of sp³-hybridized carbons (Fsp3) is 0.909. The third kappa shape index (κ3) is 3.80. The van der Waals surface area contributed by atoms with Gasteiger partial charge >= 0.3 is 5.97 Å². The van der Waals surface area contributed by atoms with Gasteiger partial charge < -0.3 is 15.2 Å². The lowest BCUT2D eigenvalue weighted by Gasteiger charge is -2.33. The highest BCUT2D eigenvalue weighted by Gasteiger charge is 2.31. The van der Waals surface area contributed by atoms with Gasteiger partial charge in [0.25, 0.3) is 0 Å². The van der Waals surface area contributed by atoms with Crippen molar-refractivity contribution in [2.24, 2.45) is 5.73 Å². The zero-order chi connectivity index (χ0) is 11.6. The number of carbonyl (C=O) groups is 1. The summed E-state index contributed by atoms with van der Waals surface area (Å²) in [6.45, 7) is 7.29. The normalized spacial score (nSPS) is 32.5. The van der Waals surface area contributed by atoms with Crippen LogP contribution in [0.5, 0.6) is 0 Å². The van der Waals surface area contributed by atoms with Crippen molar-refractivity contribution in [3.63, 3.8) is 0 Å². The van der Waals surface area contributed by atoms with Crippen molar-refractivity contribution in [3.8, 4) is 0 Å². The maximum Gasteiger partial charge on any atom is 0.325 e. The molecule has 0 bridgehead atoms. The minimum Gasteiger partial charge on any atom is -0.461 e. The van der Waals surface area contributed by atoms with Crippen LogP contribution in [0.3, 0.4) is 0 Å². The minimum atomic E-state index is -0.912. The quantitative estimate of drug-likeness (QED) is 0.704. The highest BCUT2D eigenvalue weighted by Crippen LogP contribution is 2.22. The molecule has 0 saturated carbocycles. The molecule has 0 spiro atoms. The lowest BCUT2D eigenvalue weighted by atomic mass is 10.0. The molecule has 0 aliphatic carbocycles. The lowest BCUT2D eigenvalue weighted by Crippen LogP contribution is -2.46. The van der Waals surface area contributed by atoms with Crippen LogP contribution < -0.4 is 5.73 Å². The second kappa shape index (κ2) is 4.49. The molecule has 1 fully saturated rings. The molecule has 0 aromatic heterocycles. The molecule has 4 nitrogen and oxygen atoms in total. The molecule has 0 aromatic carbocycles. The van der Waals surface area contributed by atoms with E-state index in [1.807, 2.05) is 13.8 Å². The molecule has 15 heavy (non-hydrogen) atoms. The summed E-state index contributed by atoms with van der Waals surface area (Å²) in [4.78, 5) is 11.6. The predicted octanol–water partition coefficient (Wildman–Crippen LogP) is 1.22. The van der Waals surface area contributed by atoms with E-state index < -0.39 is 5.54 Å². The number of rotatable bonds is 2. The second-order valence-corrected chi connectivity index (χ2v) is 4.98. The topological polar surface area (TPSA) is 61.5 Å². The van der Waals surface area contributed by atoms with Gasteiger partial charge in [-0.2, -0.15) is 0 Å². The third-order valence-electron chi connectivity index (χ3n) is 2.45. The van der Waals surface area contributed by atoms with Crippen molar-refractivity contribution in [1.29, 1.82) is 0 Å². The molecule has 2 atom stereocenters. The van der Waals surface area contributed by atoms with Gasteiger partial charge in [0.2, 0.25) is 0 Å². The molecule has 1 saturated heterocycles. The molecule has 1 heterocycles. The first-order chi connectivity index (χ1) is 6.79. The Morgan fingerprint density at radius 2 is 1.80 bits per heavy atom. The van der Waals surface area contributed by atoms with Gasteiger partial charge in [-0.05, 0) is 27.7 Å². The highest BCUT2D eigenvalue weighted by molar-refractivity contribution is 5.79. The van der Waals surface area contributed by atoms with Gasteiger partial charge in [-0.1, -0.05) is 0 Å². The first kappa shape index (κ1) is 12.5. The van der Waals surface area contributed by atoms with Crippen LogP contribution >= 0.6 is 0 Å². The van der Waals surface area contributed by atoms with Gasteiger partial charge in [0.15, 0.2) is 0 Å². The van der Waals surface area contributed by atoms with Crippen LogP contribution in [0.15, 0.2) is 0 Å². The van der Waals surface area contributed by atoms with E-state index in [0.29, 0.717) is 0 Å². The van der Waals surface area contributed by atoms with Gasteiger partial charge in [0.1, 0.15) is 11.6 Å². The molecule has 0 aromatic rings. The second-order valence-electron chi connectivity index (χ2n) is 4.98. The molecule has 1 rings (SSSR count). The summed E-state index contributed by atoms with van der Waals surface area (Å²) < 4.78 is 10.9. The highest BCUT2D eigenvalue weighted by atomic mass is 16.6. The summed E-state index contributed by atoms with van der Waals surface area (Å²) in [7, 11) is 0. The minimum absolute atomic E-state index is 0.0564. The summed E-state index contributed by atoms with van der Waals surface area (Å²) >= 11 is 0. The molecule has 1 aliphatic heterocycles. The van der Waals surface area contributed by atoms with Gasteiger partial charge in [-0.3, -0.25) is 4.79 Å². The Balaban J connectivity index is 2.48. The van der Waals surface area contributed by atoms with Crippen molar-refractivity contribution in [2.45, 2.75) is 64.4 Å². The Hall–Kier alpha value is -0.610. The standard InChI is InChI=1S/C11H21NO3/c1-7-5-9(6-8(2)14-7)15-10(13)11(3,4)12/h7-9H,5-6,12H2,1-4H3. The molecule has 2 unspecified atom stereocenters. The smallest absolute Gasteiger partial charge is 0.325 e. The van der Waals surface area contributed by atoms with E-state index in [0.717, 1.165) is 12.8 Å². The van der Waals surface area contributed by atoms with Gasteiger partial charge in [0, 0.05) is 12.8 Å². The molecule has 1 aliphatic rings. The Morgan fingerprint density at radius 1 is 1.33 bits per heavy atom. The number of hydrogen-bond acceptors (Lipinski definition) is 4. The first-order valence-electron chi connectivity index (χ1n) is 5.44. The molecule has 2 N–H and O–H groups in total. The van der Waals surface area contributed by atoms with Crippen molar-refractivity contribution >= 4 is 5.97 Å². The number of esters is 1. The van der Waals surface area contributed by atoms with Crippen LogP contribution in [0.4, 0.5) is 0 Å². The molecule has 0 radical (unpaired) electrons. The fourth-order valence-electron chi connectivity index (χ4n) is 1.74. The lowest BCUT2D eigenvalue weighted by molar-refractivity contribution is -0.164. The van der Waals surface area contributed by atoms with Crippen LogP contribution in [0.25, 0.3) is 0 Å². The van der Waals surface area contributed by atoms with Crippen molar-refractivity contribution in [2.75, 3.05) is 0 Å². The van der Waals surface area contributed by atoms with Crippen LogP contribution in [0.1, 0.15) is 40.5 Å². The zero-order valence-corrected chi connectivity index (χ0v) is 9.95. The summed E-state index contributed by atoms with van der Waals surface area (Å²) in [5, 5.41) is 0. The van der Waals surface area contributed by atoms with Gasteiger partial charge in [0.05, 0.1) is 12.2 Å². The summed E-state index contributed by atoms with van der Waals surface area (Å²) in [6.07, 6.45) is 1.75. The van der Waals surface area contributed by atoms with Gasteiger partial charge in [-0.15, -0.1) is 0 Å². The first-order valence-corrected chi connectivity index (χ1v) is 5.44. The number of carbonyl (C=O) groups excluding carboxylic acids is 1. The number of ether oxygens (including phenoxy) is 2. The van der Waals surface area contributed by atoms with Gasteiger partial charge in [-0.25, -0.2) is 0 Å². The molecule has 4 heteroatoms. The summed E-state index contributed by atoms with van der Waals surface area (Å²) in [5.74, 6) is -0.339. The summed E-state index contributed by atoms with van der Waals surface area (Å²) in [5.41, 5.74) is 4.75. The van der Waals surface area contributed by atoms with Crippen LogP contribution in [-0.2, 0) is 14.3 Å². The molecular formula is C11H21NO3. The largest absolute Gasteiger partial charge is 0.461 e. The van der Waals surface area contributed by atoms with E-state index >= 15 is 0 Å². The van der Waals surface area contributed by atoms with Crippen molar-refractivity contribution in [3.05, 3.63) is 0 Å². The van der Waals surface area contributed by atoms with Crippen LogP contribution in [0.2, 0.25) is 0 Å². The molecule has 0 amide bonds. The molecule has 88 valence electrons. The van der Waals surface area contributed by atoms with E-state index in [1.54, 1.807) is 13.8 Å². The molecular weight excluding hydrogens is 194 g/mol. The SMILES string of the molecule is CC1CC(OC(=O)C(C)(C)N)CC(C)O1. The van der Waals surface area contributed by atoms with Crippen LogP contribution in [0, 0.1) is 0 Å². The zero-order valence-electron chi connectivity index (χ0n) is 9.95. The third-order valence-corrected chi connectivity index (χ3v) is 2.45. The summed E-state index contributed by atoms with van der Waals surface area (Å²) in [6, 6.07) is 0. The van der Waals surface area contributed by atoms with Crippen molar-refractivity contribution < 1.29 is 14.3 Å². The number of hydrogen-bond donors (Lipinski definition) is 1. The maximum atomic E-state index is 11.6. The van der Waals surface area contributed by atoms with Crippen molar-refractivity contribution in [1.82, 2.24) is 0 Å². The Morgan fingerprint density at radius 3 is 2.20 bits per heavy atom. The Bertz CT molecular complexity index is 224. The maximum absolute atomic E-state index is 11.6. The van der Waals surface area contributed by atoms with E-state index in [1.165, 1.54) is 0 Å². The Labute approximate surface area is 91.1 Å². The fourth-order valence-corrected chi connectivity index (χ4v) is 1.74.